The van der Waals surface area contributed by atoms with Crippen LogP contribution in [-0.4, -0.2) is 23.9 Å². The van der Waals surface area contributed by atoms with Gasteiger partial charge in [-0.15, -0.1) is 0 Å². The molecule has 1 fully saturated rings. The summed E-state index contributed by atoms with van der Waals surface area (Å²) in [6.07, 6.45) is 3.68. The number of nitrogens with zero attached hydrogens (tertiary/aromatic N) is 1. The van der Waals surface area contributed by atoms with Gasteiger partial charge < -0.3 is 4.90 Å². The van der Waals surface area contributed by atoms with Crippen molar-refractivity contribution in [3.63, 3.8) is 0 Å². The van der Waals surface area contributed by atoms with Crippen molar-refractivity contribution in [2.45, 2.75) is 44.1 Å². The Bertz CT molecular complexity index is 513. The molecule has 1 unspecified atom stereocenters. The monoisotopic (exact) mass is 263 g/mol. The quantitative estimate of drug-likeness (QED) is 0.704. The summed E-state index contributed by atoms with van der Waals surface area (Å²) in [5.74, 6) is 0.287. The first-order chi connectivity index (χ1) is 8.52. The highest BCUT2D eigenvalue weighted by Crippen LogP contribution is 2.45. The van der Waals surface area contributed by atoms with Gasteiger partial charge in [0, 0.05) is 29.9 Å². The van der Waals surface area contributed by atoms with E-state index in [1.807, 2.05) is 18.0 Å². The molecule has 0 saturated carbocycles. The van der Waals surface area contributed by atoms with E-state index >= 15 is 0 Å². The fraction of sp³-hybridized carbons (Fsp3) is 0.533. The summed E-state index contributed by atoms with van der Waals surface area (Å²) in [5, 5.41) is 0.816. The maximum Gasteiger partial charge on any atom is 0.222 e. The van der Waals surface area contributed by atoms with Crippen LogP contribution >= 0.6 is 11.6 Å². The SMILES string of the molecule is CN1C(=O)CC[C@]2(C)c3ccc(Cl)cc3CCC12. The van der Waals surface area contributed by atoms with E-state index in [1.165, 1.54) is 11.1 Å². The molecular formula is C15H18ClNO. The Labute approximate surface area is 113 Å². The molecular weight excluding hydrogens is 246 g/mol. The number of rotatable bonds is 0. The van der Waals surface area contributed by atoms with E-state index in [0.29, 0.717) is 12.5 Å². The summed E-state index contributed by atoms with van der Waals surface area (Å²) < 4.78 is 0. The third-order valence-corrected chi connectivity index (χ3v) is 5.06. The number of benzene rings is 1. The Hall–Kier alpha value is -1.02. The van der Waals surface area contributed by atoms with Gasteiger partial charge in [0.2, 0.25) is 5.91 Å². The highest BCUT2D eigenvalue weighted by atomic mass is 35.5. The minimum Gasteiger partial charge on any atom is -0.342 e. The minimum atomic E-state index is 0.0980. The molecule has 0 aromatic heterocycles. The van der Waals surface area contributed by atoms with E-state index in [9.17, 15) is 4.79 Å². The number of piperidine rings is 1. The normalized spacial score (nSPS) is 30.9. The molecule has 0 N–H and O–H groups in total. The van der Waals surface area contributed by atoms with Crippen molar-refractivity contribution in [1.82, 2.24) is 4.90 Å². The molecule has 3 heteroatoms. The van der Waals surface area contributed by atoms with Crippen LogP contribution in [-0.2, 0) is 16.6 Å². The van der Waals surface area contributed by atoms with E-state index in [0.717, 1.165) is 24.3 Å². The van der Waals surface area contributed by atoms with Gasteiger partial charge in [-0.25, -0.2) is 0 Å². The molecule has 1 saturated heterocycles. The van der Waals surface area contributed by atoms with Gasteiger partial charge in [0.25, 0.3) is 0 Å². The maximum atomic E-state index is 11.9. The summed E-state index contributed by atoms with van der Waals surface area (Å²) in [6, 6.07) is 6.57. The third-order valence-electron chi connectivity index (χ3n) is 4.82. The van der Waals surface area contributed by atoms with E-state index < -0.39 is 0 Å². The lowest BCUT2D eigenvalue weighted by Crippen LogP contribution is -2.56. The number of hydrogen-bond donors (Lipinski definition) is 0. The highest BCUT2D eigenvalue weighted by Gasteiger charge is 2.46. The van der Waals surface area contributed by atoms with Crippen LogP contribution in [0.4, 0.5) is 0 Å². The van der Waals surface area contributed by atoms with Gasteiger partial charge in [0.05, 0.1) is 0 Å². The minimum absolute atomic E-state index is 0.0980. The smallest absolute Gasteiger partial charge is 0.222 e. The second-order valence-corrected chi connectivity index (χ2v) is 6.21. The van der Waals surface area contributed by atoms with Crippen molar-refractivity contribution in [2.24, 2.45) is 0 Å². The lowest BCUT2D eigenvalue weighted by Gasteiger charge is -2.50. The van der Waals surface area contributed by atoms with Crippen LogP contribution in [0, 0.1) is 0 Å². The maximum absolute atomic E-state index is 11.9. The zero-order valence-electron chi connectivity index (χ0n) is 10.9. The Morgan fingerprint density at radius 3 is 2.94 bits per heavy atom. The number of fused-ring (bicyclic) bond motifs is 3. The Morgan fingerprint density at radius 1 is 1.39 bits per heavy atom. The third kappa shape index (κ3) is 1.58. The molecule has 1 aromatic rings. The first-order valence-corrected chi connectivity index (χ1v) is 6.95. The standard InChI is InChI=1S/C15H18ClNO/c1-15-8-7-14(18)17(2)13(15)6-3-10-9-11(16)4-5-12(10)15/h4-5,9,13H,3,6-8H2,1-2H3/t13?,15-/m1/s1. The molecule has 1 heterocycles. The number of hydrogen-bond acceptors (Lipinski definition) is 1. The number of amides is 1. The topological polar surface area (TPSA) is 20.3 Å². The molecule has 18 heavy (non-hydrogen) atoms. The van der Waals surface area contributed by atoms with Gasteiger partial charge in [-0.2, -0.15) is 0 Å². The van der Waals surface area contributed by atoms with Gasteiger partial charge >= 0.3 is 0 Å². The number of carbonyl (C=O) groups excluding carboxylic acids is 1. The lowest BCUT2D eigenvalue weighted by atomic mass is 9.63. The average molecular weight is 264 g/mol. The summed E-state index contributed by atoms with van der Waals surface area (Å²) in [4.78, 5) is 13.8. The predicted molar refractivity (Wildman–Crippen MR) is 72.9 cm³/mol. The first-order valence-electron chi connectivity index (χ1n) is 6.57. The van der Waals surface area contributed by atoms with Crippen molar-refractivity contribution in [3.05, 3.63) is 34.3 Å². The molecule has 2 nitrogen and oxygen atoms in total. The first kappa shape index (κ1) is 12.0. The molecule has 1 aromatic carbocycles. The molecule has 3 rings (SSSR count). The van der Waals surface area contributed by atoms with E-state index in [1.54, 1.807) is 0 Å². The molecule has 1 amide bonds. The fourth-order valence-electron chi connectivity index (χ4n) is 3.76. The van der Waals surface area contributed by atoms with E-state index in [2.05, 4.69) is 19.1 Å². The molecule has 1 aliphatic carbocycles. The molecule has 0 bridgehead atoms. The number of halogens is 1. The Balaban J connectivity index is 2.09. The lowest BCUT2D eigenvalue weighted by molar-refractivity contribution is -0.138. The predicted octanol–water partition coefficient (Wildman–Crippen LogP) is 3.16. The van der Waals surface area contributed by atoms with Gasteiger partial charge in [-0.1, -0.05) is 24.6 Å². The van der Waals surface area contributed by atoms with Crippen molar-refractivity contribution in [2.75, 3.05) is 7.05 Å². The number of likely N-dealkylation sites (tertiary alicyclic amines) is 1. The fourth-order valence-corrected chi connectivity index (χ4v) is 3.95. The van der Waals surface area contributed by atoms with Crippen LogP contribution in [0.15, 0.2) is 18.2 Å². The van der Waals surface area contributed by atoms with Crippen LogP contribution in [0.5, 0.6) is 0 Å². The Morgan fingerprint density at radius 2 is 2.17 bits per heavy atom. The van der Waals surface area contributed by atoms with Gasteiger partial charge in [-0.05, 0) is 42.5 Å². The van der Waals surface area contributed by atoms with Crippen LogP contribution in [0.25, 0.3) is 0 Å². The largest absolute Gasteiger partial charge is 0.342 e. The van der Waals surface area contributed by atoms with Crippen LogP contribution in [0.3, 0.4) is 0 Å². The summed E-state index contributed by atoms with van der Waals surface area (Å²) >= 11 is 6.08. The molecule has 0 radical (unpaired) electrons. The van der Waals surface area contributed by atoms with Gasteiger partial charge in [0.1, 0.15) is 0 Å². The van der Waals surface area contributed by atoms with Crippen LogP contribution < -0.4 is 0 Å². The zero-order chi connectivity index (χ0) is 12.9. The van der Waals surface area contributed by atoms with Crippen LogP contribution in [0.2, 0.25) is 5.02 Å². The second kappa shape index (κ2) is 3.99. The molecule has 1 aliphatic heterocycles. The zero-order valence-corrected chi connectivity index (χ0v) is 11.6. The van der Waals surface area contributed by atoms with Crippen molar-refractivity contribution >= 4 is 17.5 Å². The molecule has 2 atom stereocenters. The summed E-state index contributed by atoms with van der Waals surface area (Å²) in [5.41, 5.74) is 2.85. The van der Waals surface area contributed by atoms with Crippen molar-refractivity contribution < 1.29 is 4.79 Å². The van der Waals surface area contributed by atoms with Crippen molar-refractivity contribution in [3.8, 4) is 0 Å². The van der Waals surface area contributed by atoms with E-state index in [-0.39, 0.29) is 11.3 Å². The highest BCUT2D eigenvalue weighted by molar-refractivity contribution is 6.30. The average Bonchev–Trinajstić information content (AvgIpc) is 2.34. The van der Waals surface area contributed by atoms with Crippen molar-refractivity contribution in [1.29, 1.82) is 0 Å². The Kier molecular flexibility index (Phi) is 2.67. The summed E-state index contributed by atoms with van der Waals surface area (Å²) in [6.45, 7) is 2.30. The van der Waals surface area contributed by atoms with E-state index in [4.69, 9.17) is 11.6 Å². The number of likely N-dealkylation sites (N-methyl/N-ethyl adjacent to an activating group) is 1. The van der Waals surface area contributed by atoms with Gasteiger partial charge in [0.15, 0.2) is 0 Å². The number of aryl methyl sites for hydroxylation is 1. The molecule has 96 valence electrons. The summed E-state index contributed by atoms with van der Waals surface area (Å²) in [7, 11) is 1.95. The van der Waals surface area contributed by atoms with Crippen LogP contribution in [0.1, 0.15) is 37.3 Å². The molecule has 0 spiro atoms. The van der Waals surface area contributed by atoms with Gasteiger partial charge in [-0.3, -0.25) is 4.79 Å². The number of carbonyl (C=O) groups is 1. The molecule has 2 aliphatic rings. The second-order valence-electron chi connectivity index (χ2n) is 5.78.